The van der Waals surface area contributed by atoms with Gasteiger partial charge in [0.25, 0.3) is 0 Å². The minimum atomic E-state index is -1.13. The molecule has 3 aromatic rings. The maximum atomic E-state index is 11.6. The molecule has 0 unspecified atom stereocenters. The van der Waals surface area contributed by atoms with Gasteiger partial charge in [-0.2, -0.15) is 0 Å². The maximum absolute atomic E-state index is 11.6. The smallest absolute Gasteiger partial charge is 0.248 e. The summed E-state index contributed by atoms with van der Waals surface area (Å²) in [5.74, 6) is 1.05. The number of rotatable bonds is 8. The highest BCUT2D eigenvalue weighted by molar-refractivity contribution is 6.76. The average Bonchev–Trinajstić information content (AvgIpc) is 3.40. The van der Waals surface area contributed by atoms with Crippen LogP contribution in [0.3, 0.4) is 0 Å². The van der Waals surface area contributed by atoms with E-state index in [0.717, 1.165) is 53.8 Å². The second kappa shape index (κ2) is 9.34. The Morgan fingerprint density at radius 2 is 1.90 bits per heavy atom. The van der Waals surface area contributed by atoms with Gasteiger partial charge >= 0.3 is 0 Å². The van der Waals surface area contributed by atoms with Crippen molar-refractivity contribution in [3.05, 3.63) is 65.0 Å². The Hall–Kier alpha value is -2.48. The van der Waals surface area contributed by atoms with Crippen molar-refractivity contribution in [1.82, 2.24) is 19.9 Å². The molecule has 0 spiro atoms. The number of pyridine rings is 1. The predicted molar refractivity (Wildman–Crippen MR) is 128 cm³/mol. The van der Waals surface area contributed by atoms with Crippen molar-refractivity contribution in [2.45, 2.75) is 51.3 Å². The van der Waals surface area contributed by atoms with Crippen molar-refractivity contribution in [1.29, 1.82) is 0 Å². The van der Waals surface area contributed by atoms with Crippen molar-refractivity contribution >= 4 is 8.07 Å². The van der Waals surface area contributed by atoms with Crippen LogP contribution in [0.5, 0.6) is 0 Å². The Morgan fingerprint density at radius 3 is 2.58 bits per heavy atom. The average molecular weight is 437 g/mol. The van der Waals surface area contributed by atoms with E-state index in [1.807, 2.05) is 12.3 Å². The minimum absolute atomic E-state index is 0.0937. The highest BCUT2D eigenvalue weighted by Crippen LogP contribution is 2.29. The molecule has 1 aliphatic rings. The molecule has 3 heterocycles. The van der Waals surface area contributed by atoms with Crippen LogP contribution in [0, 0.1) is 0 Å². The van der Waals surface area contributed by atoms with Gasteiger partial charge in [-0.05, 0) is 48.2 Å². The fourth-order valence-corrected chi connectivity index (χ4v) is 4.69. The fourth-order valence-electron chi connectivity index (χ4n) is 3.93. The molecule has 0 saturated carbocycles. The van der Waals surface area contributed by atoms with Crippen LogP contribution < -0.4 is 10.9 Å². The number of nitrogens with one attached hydrogen (secondary N) is 2. The number of H-pyrrole nitrogens is 1. The van der Waals surface area contributed by atoms with Crippen molar-refractivity contribution in [2.24, 2.45) is 0 Å². The third-order valence-electron chi connectivity index (χ3n) is 5.76. The summed E-state index contributed by atoms with van der Waals surface area (Å²) in [6.07, 6.45) is 5.92. The van der Waals surface area contributed by atoms with Crippen LogP contribution in [0.4, 0.5) is 0 Å². The highest BCUT2D eigenvalue weighted by Gasteiger charge is 2.23. The van der Waals surface area contributed by atoms with Gasteiger partial charge in [-0.1, -0.05) is 43.9 Å². The lowest BCUT2D eigenvalue weighted by Gasteiger charge is -2.19. The van der Waals surface area contributed by atoms with Gasteiger partial charge in [-0.15, -0.1) is 0 Å². The zero-order chi connectivity index (χ0) is 21.8. The number of nitrogens with zero attached hydrogens (tertiary/aromatic N) is 2. The number of hydrogen-bond acceptors (Lipinski definition) is 4. The van der Waals surface area contributed by atoms with Crippen molar-refractivity contribution < 1.29 is 4.74 Å². The van der Waals surface area contributed by atoms with E-state index in [4.69, 9.17) is 9.72 Å². The molecule has 4 rings (SSSR count). The summed E-state index contributed by atoms with van der Waals surface area (Å²) in [5.41, 5.74) is 4.00. The van der Waals surface area contributed by atoms with Gasteiger partial charge in [-0.3, -0.25) is 4.79 Å². The second-order valence-corrected chi connectivity index (χ2v) is 15.1. The zero-order valence-electron chi connectivity index (χ0n) is 18.6. The van der Waals surface area contributed by atoms with Crippen molar-refractivity contribution in [3.63, 3.8) is 0 Å². The molecule has 1 fully saturated rings. The Bertz CT molecular complexity index is 1060. The molecule has 2 aromatic heterocycles. The molecule has 6 nitrogen and oxygen atoms in total. The molecule has 0 radical (unpaired) electrons. The summed E-state index contributed by atoms with van der Waals surface area (Å²) < 4.78 is 8.33. The van der Waals surface area contributed by atoms with E-state index in [0.29, 0.717) is 6.73 Å². The number of ether oxygens (including phenoxy) is 1. The lowest BCUT2D eigenvalue weighted by Crippen LogP contribution is -2.23. The lowest BCUT2D eigenvalue weighted by molar-refractivity contribution is 0.0851. The first-order valence-electron chi connectivity index (χ1n) is 11.1. The summed E-state index contributed by atoms with van der Waals surface area (Å²) in [6, 6.07) is 13.3. The normalized spacial score (nSPS) is 16.7. The first kappa shape index (κ1) is 21.7. The fraction of sp³-hybridized carbons (Fsp3) is 0.417. The van der Waals surface area contributed by atoms with E-state index in [2.05, 4.69) is 58.8 Å². The van der Waals surface area contributed by atoms with Crippen LogP contribution in [0.1, 0.15) is 24.7 Å². The van der Waals surface area contributed by atoms with Gasteiger partial charge < -0.3 is 19.6 Å². The van der Waals surface area contributed by atoms with Crippen LogP contribution in [0.15, 0.2) is 53.6 Å². The van der Waals surface area contributed by atoms with E-state index in [1.165, 1.54) is 6.42 Å². The van der Waals surface area contributed by atoms with Crippen molar-refractivity contribution in [2.75, 3.05) is 13.2 Å². The summed E-state index contributed by atoms with van der Waals surface area (Å²) in [7, 11) is -1.13. The topological polar surface area (TPSA) is 71.9 Å². The molecule has 164 valence electrons. The predicted octanol–water partition coefficient (Wildman–Crippen LogP) is 4.64. The number of hydrogen-bond donors (Lipinski definition) is 2. The first-order chi connectivity index (χ1) is 14.9. The number of aromatic nitrogens is 3. The molecule has 1 aliphatic heterocycles. The molecule has 1 atom stereocenters. The Labute approximate surface area is 184 Å². The molecular weight excluding hydrogens is 404 g/mol. The monoisotopic (exact) mass is 436 g/mol. The molecule has 0 aliphatic carbocycles. The summed E-state index contributed by atoms with van der Waals surface area (Å²) >= 11 is 0. The molecule has 0 amide bonds. The van der Waals surface area contributed by atoms with Crippen LogP contribution >= 0.6 is 0 Å². The largest absolute Gasteiger partial charge is 0.361 e. The zero-order valence-corrected chi connectivity index (χ0v) is 19.6. The summed E-state index contributed by atoms with van der Waals surface area (Å²) in [6.45, 7) is 9.45. The van der Waals surface area contributed by atoms with Crippen LogP contribution in [-0.2, 0) is 11.5 Å². The van der Waals surface area contributed by atoms with Crippen LogP contribution in [0.2, 0.25) is 25.7 Å². The Kier molecular flexibility index (Phi) is 6.55. The Balaban J connectivity index is 1.58. The quantitative estimate of drug-likeness (QED) is 0.398. The van der Waals surface area contributed by atoms with E-state index in [-0.39, 0.29) is 11.6 Å². The van der Waals surface area contributed by atoms with E-state index in [9.17, 15) is 4.79 Å². The van der Waals surface area contributed by atoms with Gasteiger partial charge in [-0.25, -0.2) is 4.98 Å². The van der Waals surface area contributed by atoms with Crippen LogP contribution in [0.25, 0.3) is 22.4 Å². The minimum Gasteiger partial charge on any atom is -0.361 e. The molecule has 1 aromatic carbocycles. The van der Waals surface area contributed by atoms with E-state index >= 15 is 0 Å². The number of imidazole rings is 1. The van der Waals surface area contributed by atoms with Crippen molar-refractivity contribution in [3.8, 4) is 22.4 Å². The number of aromatic amines is 1. The van der Waals surface area contributed by atoms with Crippen LogP contribution in [-0.4, -0.2) is 35.8 Å². The summed E-state index contributed by atoms with van der Waals surface area (Å²) in [4.78, 5) is 19.1. The van der Waals surface area contributed by atoms with Gasteiger partial charge in [0.2, 0.25) is 5.56 Å². The van der Waals surface area contributed by atoms with Gasteiger partial charge in [0.15, 0.2) is 0 Å². The number of benzene rings is 1. The second-order valence-electron chi connectivity index (χ2n) is 9.45. The SMILES string of the molecule is C[Si](C)(C)CCOCn1c(-c2ccc(-c3cc[nH]c(=O)c3)cc2)cnc1[C@@H]1CCCN1. The Morgan fingerprint density at radius 1 is 1.13 bits per heavy atom. The van der Waals surface area contributed by atoms with E-state index < -0.39 is 8.07 Å². The van der Waals surface area contributed by atoms with Gasteiger partial charge in [0.1, 0.15) is 12.6 Å². The molecule has 2 N–H and O–H groups in total. The highest BCUT2D eigenvalue weighted by atomic mass is 28.3. The molecule has 31 heavy (non-hydrogen) atoms. The molecule has 1 saturated heterocycles. The molecule has 0 bridgehead atoms. The third-order valence-corrected chi connectivity index (χ3v) is 7.47. The molecular formula is C24H32N4O2Si. The standard InChI is InChI=1S/C24H32N4O2Si/c1-31(2,3)14-13-30-17-28-22(16-27-24(28)21-5-4-11-25-21)19-8-6-18(7-9-19)20-10-12-26-23(29)15-20/h6-10,12,15-16,21,25H,4-5,11,13-14,17H2,1-3H3,(H,26,29)/t21-/m0/s1. The lowest BCUT2D eigenvalue weighted by atomic mass is 10.0. The molecule has 7 heteroatoms. The maximum Gasteiger partial charge on any atom is 0.248 e. The van der Waals surface area contributed by atoms with E-state index in [1.54, 1.807) is 12.3 Å². The first-order valence-corrected chi connectivity index (χ1v) is 14.8. The summed E-state index contributed by atoms with van der Waals surface area (Å²) in [5, 5.41) is 3.56. The third kappa shape index (κ3) is 5.42. The van der Waals surface area contributed by atoms with Gasteiger partial charge in [0, 0.05) is 26.9 Å². The van der Waals surface area contributed by atoms with Gasteiger partial charge in [0.05, 0.1) is 17.9 Å².